The van der Waals surface area contributed by atoms with Gasteiger partial charge in [-0.05, 0) is 18.2 Å². The summed E-state index contributed by atoms with van der Waals surface area (Å²) in [5.41, 5.74) is 1.70. The number of para-hydroxylation sites is 1. The number of ether oxygens (including phenoxy) is 1. The van der Waals surface area contributed by atoms with Crippen molar-refractivity contribution in [2.45, 2.75) is 27.7 Å². The first-order chi connectivity index (χ1) is 14.6. The zero-order valence-corrected chi connectivity index (χ0v) is 22.0. The standard InChI is InChI=1S/C19H12Cl2N2O3.2C2H6.Na/c1-25-15-7-6-11(16-10-4-2-3-5-14(10)26-18(15)16)19(24)23-17-12(20)8-22-9-13(17)21;2*1-2;/h2-9H,1H3,(H,22,23,24);2*1-2H3;/q;;;+1/p-1. The summed E-state index contributed by atoms with van der Waals surface area (Å²) in [6.45, 7) is 8.00. The topological polar surface area (TPSA) is 66.4 Å². The first-order valence-electron chi connectivity index (χ1n) is 9.63. The third-order valence-electron chi connectivity index (χ3n) is 3.98. The monoisotopic (exact) mass is 468 g/mol. The SMILES string of the molecule is CC.CC.COc1ccc(C(=O)[N-]c2c(Cl)cncc2Cl)c2c1oc1ccccc12.[Na+]. The number of aromatic nitrogens is 1. The Balaban J connectivity index is 0.000000910. The van der Waals surface area contributed by atoms with Gasteiger partial charge in [-0.2, -0.15) is 0 Å². The summed E-state index contributed by atoms with van der Waals surface area (Å²) in [5.74, 6) is 0.0481. The summed E-state index contributed by atoms with van der Waals surface area (Å²) in [6, 6.07) is 10.8. The van der Waals surface area contributed by atoms with Crippen LogP contribution in [0, 0.1) is 0 Å². The number of halogens is 2. The normalized spacial score (nSPS) is 9.65. The molecule has 1 amide bonds. The van der Waals surface area contributed by atoms with Crippen molar-refractivity contribution in [3.8, 4) is 5.75 Å². The number of rotatable bonds is 3. The Bertz CT molecular complexity index is 1140. The van der Waals surface area contributed by atoms with E-state index in [4.69, 9.17) is 32.4 Å². The number of fused-ring (bicyclic) bond motifs is 3. The maximum atomic E-state index is 12.9. The Morgan fingerprint density at radius 1 is 1.00 bits per heavy atom. The van der Waals surface area contributed by atoms with E-state index < -0.39 is 5.91 Å². The van der Waals surface area contributed by atoms with Crippen LogP contribution >= 0.6 is 23.2 Å². The zero-order valence-electron chi connectivity index (χ0n) is 18.5. The van der Waals surface area contributed by atoms with Gasteiger partial charge in [0, 0.05) is 38.8 Å². The molecule has 0 saturated heterocycles. The minimum Gasteiger partial charge on any atom is -0.620 e. The second-order valence-electron chi connectivity index (χ2n) is 5.49. The molecule has 0 saturated carbocycles. The van der Waals surface area contributed by atoms with Crippen molar-refractivity contribution in [2.75, 3.05) is 7.11 Å². The van der Waals surface area contributed by atoms with E-state index in [1.807, 2.05) is 52.0 Å². The number of pyridine rings is 1. The number of benzene rings is 2. The summed E-state index contributed by atoms with van der Waals surface area (Å²) in [7, 11) is 1.55. The van der Waals surface area contributed by atoms with Gasteiger partial charge in [0.15, 0.2) is 11.3 Å². The van der Waals surface area contributed by atoms with Crippen molar-refractivity contribution in [1.29, 1.82) is 0 Å². The molecule has 0 unspecified atom stereocenters. The van der Waals surface area contributed by atoms with Crippen molar-refractivity contribution in [2.24, 2.45) is 0 Å². The molecule has 0 atom stereocenters. The van der Waals surface area contributed by atoms with Crippen LogP contribution in [0.25, 0.3) is 27.3 Å². The summed E-state index contributed by atoms with van der Waals surface area (Å²) in [5, 5.41) is 5.93. The van der Waals surface area contributed by atoms with Crippen molar-refractivity contribution in [3.63, 3.8) is 0 Å². The van der Waals surface area contributed by atoms with Crippen LogP contribution in [0.15, 0.2) is 53.2 Å². The Labute approximate surface area is 214 Å². The number of methoxy groups -OCH3 is 1. The summed E-state index contributed by atoms with van der Waals surface area (Å²) < 4.78 is 11.2. The van der Waals surface area contributed by atoms with Gasteiger partial charge >= 0.3 is 29.6 Å². The second-order valence-corrected chi connectivity index (χ2v) is 6.30. The van der Waals surface area contributed by atoms with Crippen molar-refractivity contribution >= 4 is 56.7 Å². The maximum absolute atomic E-state index is 12.9. The van der Waals surface area contributed by atoms with Crippen LogP contribution in [0.4, 0.5) is 5.69 Å². The molecular weight excluding hydrogens is 446 g/mol. The van der Waals surface area contributed by atoms with E-state index in [2.05, 4.69) is 10.3 Å². The molecule has 0 bridgehead atoms. The summed E-state index contributed by atoms with van der Waals surface area (Å²) in [4.78, 5) is 16.7. The first-order valence-corrected chi connectivity index (χ1v) is 10.4. The largest absolute Gasteiger partial charge is 1.00 e. The third kappa shape index (κ3) is 5.73. The minimum atomic E-state index is -0.487. The molecular formula is C23H23Cl2N2NaO3. The van der Waals surface area contributed by atoms with Crippen molar-refractivity contribution in [3.05, 3.63) is 69.7 Å². The number of furan rings is 1. The van der Waals surface area contributed by atoms with Crippen LogP contribution in [0.2, 0.25) is 10.0 Å². The number of nitrogens with zero attached hydrogens (tertiary/aromatic N) is 2. The van der Waals surface area contributed by atoms with E-state index >= 15 is 0 Å². The number of hydrogen-bond donors (Lipinski definition) is 0. The predicted molar refractivity (Wildman–Crippen MR) is 125 cm³/mol. The van der Waals surface area contributed by atoms with Gasteiger partial charge in [0.1, 0.15) is 5.58 Å². The molecule has 5 nitrogen and oxygen atoms in total. The molecule has 0 radical (unpaired) electrons. The maximum Gasteiger partial charge on any atom is 1.00 e. The molecule has 0 fully saturated rings. The van der Waals surface area contributed by atoms with Gasteiger partial charge in [0.2, 0.25) is 0 Å². The van der Waals surface area contributed by atoms with Crippen LogP contribution in [-0.4, -0.2) is 18.0 Å². The van der Waals surface area contributed by atoms with Gasteiger partial charge in [-0.1, -0.05) is 74.8 Å². The van der Waals surface area contributed by atoms with Gasteiger partial charge in [0.25, 0.3) is 0 Å². The molecule has 0 spiro atoms. The molecule has 2 aromatic heterocycles. The van der Waals surface area contributed by atoms with Gasteiger partial charge in [-0.25, -0.2) is 0 Å². The number of amides is 1. The molecule has 2 aromatic carbocycles. The van der Waals surface area contributed by atoms with Crippen LogP contribution in [0.5, 0.6) is 5.75 Å². The average molecular weight is 469 g/mol. The van der Waals surface area contributed by atoms with Gasteiger partial charge in [-0.3, -0.25) is 4.98 Å². The Morgan fingerprint density at radius 2 is 1.61 bits per heavy atom. The molecule has 8 heteroatoms. The molecule has 0 N–H and O–H groups in total. The zero-order chi connectivity index (χ0) is 22.3. The Kier molecular flexibility index (Phi) is 11.4. The van der Waals surface area contributed by atoms with E-state index in [1.54, 1.807) is 19.2 Å². The van der Waals surface area contributed by atoms with E-state index in [0.717, 1.165) is 5.39 Å². The molecule has 4 rings (SSSR count). The minimum absolute atomic E-state index is 0. The second kappa shape index (κ2) is 12.9. The van der Waals surface area contributed by atoms with Gasteiger partial charge in [0.05, 0.1) is 13.0 Å². The molecule has 31 heavy (non-hydrogen) atoms. The summed E-state index contributed by atoms with van der Waals surface area (Å²) >= 11 is 12.1. The van der Waals surface area contributed by atoms with Crippen LogP contribution in [0.3, 0.4) is 0 Å². The number of hydrogen-bond acceptors (Lipinski definition) is 4. The van der Waals surface area contributed by atoms with Gasteiger partial charge in [-0.15, -0.1) is 0 Å². The molecule has 0 aliphatic heterocycles. The molecule has 0 aliphatic carbocycles. The van der Waals surface area contributed by atoms with Crippen molar-refractivity contribution in [1.82, 2.24) is 4.98 Å². The van der Waals surface area contributed by atoms with E-state index in [-0.39, 0.29) is 45.3 Å². The van der Waals surface area contributed by atoms with Crippen LogP contribution < -0.4 is 34.3 Å². The molecule has 2 heterocycles. The number of carbonyl (C=O) groups excluding carboxylic acids is 1. The number of carbonyl (C=O) groups is 1. The van der Waals surface area contributed by atoms with Crippen LogP contribution in [0.1, 0.15) is 38.1 Å². The quantitative estimate of drug-likeness (QED) is 0.387. The summed E-state index contributed by atoms with van der Waals surface area (Å²) in [6.07, 6.45) is 2.77. The predicted octanol–water partition coefficient (Wildman–Crippen LogP) is 5.20. The Morgan fingerprint density at radius 3 is 2.23 bits per heavy atom. The van der Waals surface area contributed by atoms with E-state index in [1.165, 1.54) is 12.4 Å². The van der Waals surface area contributed by atoms with Crippen LogP contribution in [-0.2, 0) is 0 Å². The van der Waals surface area contributed by atoms with E-state index in [0.29, 0.717) is 27.9 Å². The third-order valence-corrected chi connectivity index (χ3v) is 4.54. The van der Waals surface area contributed by atoms with E-state index in [9.17, 15) is 4.79 Å². The smallest absolute Gasteiger partial charge is 0.620 e. The first kappa shape index (κ1) is 27.3. The Hall–Kier alpha value is -1.76. The molecule has 0 aliphatic rings. The molecule has 4 aromatic rings. The van der Waals surface area contributed by atoms with Gasteiger partial charge < -0.3 is 19.3 Å². The van der Waals surface area contributed by atoms with Crippen molar-refractivity contribution < 1.29 is 43.5 Å². The molecule has 158 valence electrons. The average Bonchev–Trinajstić information content (AvgIpc) is 3.18. The fraction of sp³-hybridized carbons (Fsp3) is 0.217. The fourth-order valence-electron chi connectivity index (χ4n) is 2.82. The fourth-order valence-corrected chi connectivity index (χ4v) is 3.27.